The van der Waals surface area contributed by atoms with Crippen molar-refractivity contribution in [2.45, 2.75) is 32.7 Å². The molecule has 0 atom stereocenters. The Labute approximate surface area is 162 Å². The number of nitrogens with zero attached hydrogens (tertiary/aromatic N) is 3. The van der Waals surface area contributed by atoms with Crippen molar-refractivity contribution >= 4 is 16.9 Å². The van der Waals surface area contributed by atoms with Crippen LogP contribution in [0.3, 0.4) is 0 Å². The number of esters is 1. The van der Waals surface area contributed by atoms with Gasteiger partial charge in [-0.05, 0) is 25.3 Å². The van der Waals surface area contributed by atoms with Crippen molar-refractivity contribution in [1.29, 1.82) is 0 Å². The molecule has 2 heterocycles. The molecule has 2 aromatic heterocycles. The zero-order valence-corrected chi connectivity index (χ0v) is 16.5. The van der Waals surface area contributed by atoms with Gasteiger partial charge in [0.25, 0.3) is 5.56 Å². The molecule has 0 bridgehead atoms. The molecule has 7 nitrogen and oxygen atoms in total. The molecule has 28 heavy (non-hydrogen) atoms. The topological polar surface area (TPSA) is 75.2 Å². The van der Waals surface area contributed by atoms with Gasteiger partial charge in [-0.15, -0.1) is 0 Å². The van der Waals surface area contributed by atoms with Crippen molar-refractivity contribution < 1.29 is 9.53 Å². The van der Waals surface area contributed by atoms with Crippen molar-refractivity contribution in [2.24, 2.45) is 14.1 Å². The quantitative estimate of drug-likeness (QED) is 0.464. The van der Waals surface area contributed by atoms with Gasteiger partial charge in [-0.3, -0.25) is 18.7 Å². The number of fused-ring (bicyclic) bond motifs is 1. The van der Waals surface area contributed by atoms with Crippen LogP contribution in [-0.2, 0) is 30.2 Å². The van der Waals surface area contributed by atoms with Gasteiger partial charge in [-0.2, -0.15) is 0 Å². The standard InChI is InChI=1S/C21H25N3O4/c1-4-28-17(25)12-8-9-13-24-14-16-18(19(24)15-10-6-5-7-11-15)20(26)23(3)21(27)22(16)2/h5-7,10-11,14H,4,8-9,12-13H2,1-3H3. The summed E-state index contributed by atoms with van der Waals surface area (Å²) in [5.74, 6) is -0.195. The van der Waals surface area contributed by atoms with Gasteiger partial charge >= 0.3 is 11.7 Å². The van der Waals surface area contributed by atoms with Gasteiger partial charge in [-0.25, -0.2) is 4.79 Å². The smallest absolute Gasteiger partial charge is 0.330 e. The first-order valence-corrected chi connectivity index (χ1v) is 9.45. The van der Waals surface area contributed by atoms with Gasteiger partial charge in [0.1, 0.15) is 0 Å². The summed E-state index contributed by atoms with van der Waals surface area (Å²) in [6.45, 7) is 2.81. The van der Waals surface area contributed by atoms with E-state index in [-0.39, 0.29) is 17.2 Å². The highest BCUT2D eigenvalue weighted by atomic mass is 16.5. The van der Waals surface area contributed by atoms with E-state index >= 15 is 0 Å². The summed E-state index contributed by atoms with van der Waals surface area (Å²) >= 11 is 0. The van der Waals surface area contributed by atoms with Crippen LogP contribution < -0.4 is 11.2 Å². The highest BCUT2D eigenvalue weighted by Crippen LogP contribution is 2.28. The number of unbranched alkanes of at least 4 members (excludes halogenated alkanes) is 1. The third-order valence-electron chi connectivity index (χ3n) is 4.89. The van der Waals surface area contributed by atoms with E-state index in [1.54, 1.807) is 14.0 Å². The van der Waals surface area contributed by atoms with E-state index in [4.69, 9.17) is 4.74 Å². The van der Waals surface area contributed by atoms with Gasteiger partial charge in [0.05, 0.1) is 23.2 Å². The lowest BCUT2D eigenvalue weighted by Crippen LogP contribution is -2.36. The number of hydrogen-bond acceptors (Lipinski definition) is 4. The van der Waals surface area contributed by atoms with Crippen molar-refractivity contribution in [3.8, 4) is 11.3 Å². The molecule has 0 amide bonds. The lowest BCUT2D eigenvalue weighted by atomic mass is 10.1. The Morgan fingerprint density at radius 2 is 1.75 bits per heavy atom. The lowest BCUT2D eigenvalue weighted by molar-refractivity contribution is -0.143. The normalized spacial score (nSPS) is 11.1. The number of aromatic nitrogens is 3. The first-order valence-electron chi connectivity index (χ1n) is 9.45. The maximum Gasteiger partial charge on any atom is 0.330 e. The molecule has 0 aliphatic carbocycles. The summed E-state index contributed by atoms with van der Waals surface area (Å²) < 4.78 is 9.61. The van der Waals surface area contributed by atoms with Crippen LogP contribution in [0.15, 0.2) is 46.1 Å². The molecule has 0 saturated carbocycles. The predicted octanol–water partition coefficient (Wildman–Crippen LogP) is 2.44. The Morgan fingerprint density at radius 1 is 1.04 bits per heavy atom. The zero-order valence-electron chi connectivity index (χ0n) is 16.5. The molecule has 3 aromatic rings. The van der Waals surface area contributed by atoms with Crippen LogP contribution >= 0.6 is 0 Å². The van der Waals surface area contributed by atoms with E-state index in [1.807, 2.05) is 41.1 Å². The summed E-state index contributed by atoms with van der Waals surface area (Å²) in [5, 5.41) is 0.529. The highest BCUT2D eigenvalue weighted by Gasteiger charge is 2.19. The largest absolute Gasteiger partial charge is 0.466 e. The van der Waals surface area contributed by atoms with Crippen molar-refractivity contribution in [3.05, 3.63) is 57.4 Å². The van der Waals surface area contributed by atoms with Crippen molar-refractivity contribution in [2.75, 3.05) is 6.61 Å². The van der Waals surface area contributed by atoms with Crippen LogP contribution in [0, 0.1) is 0 Å². The summed E-state index contributed by atoms with van der Waals surface area (Å²) in [6.07, 6.45) is 3.67. The number of carbonyl (C=O) groups excluding carboxylic acids is 1. The molecule has 0 unspecified atom stereocenters. The first kappa shape index (κ1) is 19.7. The lowest BCUT2D eigenvalue weighted by Gasteiger charge is -2.10. The highest BCUT2D eigenvalue weighted by molar-refractivity contribution is 5.93. The molecule has 148 valence electrons. The summed E-state index contributed by atoms with van der Waals surface area (Å²) in [6, 6.07) is 9.67. The number of benzene rings is 1. The Morgan fingerprint density at radius 3 is 2.43 bits per heavy atom. The number of ether oxygens (including phenoxy) is 1. The number of aryl methyl sites for hydroxylation is 2. The molecular weight excluding hydrogens is 358 g/mol. The Balaban J connectivity index is 2.03. The first-order chi connectivity index (χ1) is 13.5. The molecule has 0 fully saturated rings. The Hall–Kier alpha value is -3.09. The average molecular weight is 383 g/mol. The zero-order chi connectivity index (χ0) is 20.3. The molecule has 0 radical (unpaired) electrons. The fourth-order valence-electron chi connectivity index (χ4n) is 3.46. The van der Waals surface area contributed by atoms with Gasteiger partial charge in [0.15, 0.2) is 0 Å². The number of hydrogen-bond donors (Lipinski definition) is 0. The SMILES string of the molecule is CCOC(=O)CCCCn1cc2c(c1-c1ccccc1)c(=O)n(C)c(=O)n2C. The Kier molecular flexibility index (Phi) is 5.82. The van der Waals surface area contributed by atoms with Crippen LogP contribution in [0.25, 0.3) is 22.2 Å². The predicted molar refractivity (Wildman–Crippen MR) is 108 cm³/mol. The van der Waals surface area contributed by atoms with Crippen molar-refractivity contribution in [3.63, 3.8) is 0 Å². The van der Waals surface area contributed by atoms with E-state index < -0.39 is 0 Å². The third-order valence-corrected chi connectivity index (χ3v) is 4.89. The Bertz CT molecular complexity index is 1110. The van der Waals surface area contributed by atoms with Gasteiger partial charge in [0.2, 0.25) is 0 Å². The molecule has 7 heteroatoms. The fraction of sp³-hybridized carbons (Fsp3) is 0.381. The van der Waals surface area contributed by atoms with Crippen LogP contribution in [0.2, 0.25) is 0 Å². The number of rotatable bonds is 7. The van der Waals surface area contributed by atoms with E-state index in [9.17, 15) is 14.4 Å². The van der Waals surface area contributed by atoms with Crippen LogP contribution in [0.4, 0.5) is 0 Å². The van der Waals surface area contributed by atoms with Crippen LogP contribution in [0.1, 0.15) is 26.2 Å². The average Bonchev–Trinajstić information content (AvgIpc) is 3.08. The maximum absolute atomic E-state index is 12.9. The molecular formula is C21H25N3O4. The van der Waals surface area contributed by atoms with Crippen molar-refractivity contribution in [1.82, 2.24) is 13.7 Å². The monoisotopic (exact) mass is 383 g/mol. The summed E-state index contributed by atoms with van der Waals surface area (Å²) in [7, 11) is 3.17. The van der Waals surface area contributed by atoms with E-state index in [0.717, 1.165) is 22.2 Å². The summed E-state index contributed by atoms with van der Waals surface area (Å²) in [5.41, 5.74) is 1.66. The van der Waals surface area contributed by atoms with E-state index in [2.05, 4.69) is 0 Å². The molecule has 3 rings (SSSR count). The second-order valence-corrected chi connectivity index (χ2v) is 6.77. The minimum atomic E-state index is -0.350. The molecule has 0 aliphatic heterocycles. The molecule has 1 aromatic carbocycles. The molecule has 0 aliphatic rings. The molecule has 0 spiro atoms. The maximum atomic E-state index is 12.9. The summed E-state index contributed by atoms with van der Waals surface area (Å²) in [4.78, 5) is 36.7. The second-order valence-electron chi connectivity index (χ2n) is 6.77. The van der Waals surface area contributed by atoms with Gasteiger partial charge in [-0.1, -0.05) is 30.3 Å². The van der Waals surface area contributed by atoms with Gasteiger partial charge in [0, 0.05) is 33.3 Å². The third kappa shape index (κ3) is 3.65. The van der Waals surface area contributed by atoms with Crippen LogP contribution in [0.5, 0.6) is 0 Å². The molecule has 0 N–H and O–H groups in total. The fourth-order valence-corrected chi connectivity index (χ4v) is 3.46. The second kappa shape index (κ2) is 8.29. The van der Waals surface area contributed by atoms with Crippen LogP contribution in [-0.4, -0.2) is 26.3 Å². The number of carbonyl (C=O) groups is 1. The molecule has 0 saturated heterocycles. The minimum absolute atomic E-state index is 0.195. The van der Waals surface area contributed by atoms with E-state index in [0.29, 0.717) is 36.9 Å². The van der Waals surface area contributed by atoms with E-state index in [1.165, 1.54) is 11.6 Å². The minimum Gasteiger partial charge on any atom is -0.466 e. The van der Waals surface area contributed by atoms with Gasteiger partial charge < -0.3 is 9.30 Å².